The summed E-state index contributed by atoms with van der Waals surface area (Å²) in [5.41, 5.74) is 1.06. The fourth-order valence-corrected chi connectivity index (χ4v) is 2.01. The van der Waals surface area contributed by atoms with E-state index in [-0.39, 0.29) is 6.61 Å². The van der Waals surface area contributed by atoms with Crippen molar-refractivity contribution in [3.63, 3.8) is 0 Å². The molecule has 2 aromatic heterocycles. The monoisotopic (exact) mass is 252 g/mol. The molecule has 0 aromatic carbocycles. The van der Waals surface area contributed by atoms with Crippen molar-refractivity contribution in [2.45, 2.75) is 24.5 Å². The Kier molecular flexibility index (Phi) is 2.71. The van der Waals surface area contributed by atoms with E-state index in [1.165, 1.54) is 17.2 Å². The lowest BCUT2D eigenvalue weighted by Gasteiger charge is -2.35. The normalized spacial score (nSPS) is 32.8. The molecule has 3 N–H and O–H groups in total. The van der Waals surface area contributed by atoms with E-state index in [4.69, 9.17) is 4.74 Å². The fourth-order valence-electron chi connectivity index (χ4n) is 2.01. The lowest BCUT2D eigenvalue weighted by atomic mass is 10.0. The fraction of sp³-hybridized carbons (Fsp3) is 0.500. The highest BCUT2D eigenvalue weighted by Gasteiger charge is 2.39. The minimum Gasteiger partial charge on any atom is -0.388 e. The Morgan fingerprint density at radius 3 is 2.89 bits per heavy atom. The molecule has 8 heteroatoms. The van der Waals surface area contributed by atoms with Gasteiger partial charge in [-0.05, 0) is 0 Å². The number of nitrogens with zero attached hydrogens (tertiary/aromatic N) is 4. The van der Waals surface area contributed by atoms with Gasteiger partial charge in [0.15, 0.2) is 11.9 Å². The predicted molar refractivity (Wildman–Crippen MR) is 58.3 cm³/mol. The van der Waals surface area contributed by atoms with Crippen molar-refractivity contribution in [3.8, 4) is 0 Å². The summed E-state index contributed by atoms with van der Waals surface area (Å²) in [6, 6.07) is 0. The first-order valence-electron chi connectivity index (χ1n) is 5.47. The number of aromatic nitrogens is 4. The van der Waals surface area contributed by atoms with Crippen LogP contribution >= 0.6 is 0 Å². The average Bonchev–Trinajstić information content (AvgIpc) is 2.80. The molecule has 1 saturated heterocycles. The number of aliphatic hydroxyl groups excluding tert-OH is 3. The summed E-state index contributed by atoms with van der Waals surface area (Å²) in [6.07, 6.45) is -0.0778. The van der Waals surface area contributed by atoms with Crippen LogP contribution in [0.2, 0.25) is 0 Å². The average molecular weight is 252 g/mol. The Hall–Kier alpha value is -1.61. The third kappa shape index (κ3) is 1.66. The predicted octanol–water partition coefficient (Wildman–Crippen LogP) is -1.56. The Bertz CT molecular complexity index is 560. The second kappa shape index (κ2) is 4.25. The SMILES string of the molecule is O[C@@H]1[C@H](O)COC(n2cnc3cncnc32)[C@H]1O. The number of hydrogen-bond acceptors (Lipinski definition) is 7. The zero-order valence-electron chi connectivity index (χ0n) is 9.29. The first-order valence-corrected chi connectivity index (χ1v) is 5.47. The van der Waals surface area contributed by atoms with Crippen LogP contribution in [0, 0.1) is 0 Å². The topological polar surface area (TPSA) is 114 Å². The van der Waals surface area contributed by atoms with Gasteiger partial charge >= 0.3 is 0 Å². The number of aliphatic hydroxyl groups is 3. The molecule has 0 radical (unpaired) electrons. The highest BCUT2D eigenvalue weighted by atomic mass is 16.5. The summed E-state index contributed by atoms with van der Waals surface area (Å²) < 4.78 is 6.84. The van der Waals surface area contributed by atoms with Crippen molar-refractivity contribution >= 4 is 11.2 Å². The summed E-state index contributed by atoms with van der Waals surface area (Å²) in [6.45, 7) is -0.0619. The molecule has 18 heavy (non-hydrogen) atoms. The Morgan fingerprint density at radius 2 is 2.06 bits per heavy atom. The molecule has 1 unspecified atom stereocenters. The zero-order chi connectivity index (χ0) is 12.7. The maximum absolute atomic E-state index is 9.91. The van der Waals surface area contributed by atoms with Gasteiger partial charge < -0.3 is 20.1 Å². The molecule has 0 bridgehead atoms. The smallest absolute Gasteiger partial charge is 0.165 e. The van der Waals surface area contributed by atoms with Gasteiger partial charge in [0.2, 0.25) is 0 Å². The van der Waals surface area contributed by atoms with Gasteiger partial charge in [-0.25, -0.2) is 15.0 Å². The standard InChI is InChI=1S/C10H12N4O4/c15-6-2-18-10(8(17)7(6)16)14-4-13-5-1-11-3-12-9(5)14/h1,3-4,6-8,10,15-17H,2H2/t6-,7-,8+,10?/m1/s1. The van der Waals surface area contributed by atoms with Gasteiger partial charge in [0, 0.05) is 0 Å². The molecule has 4 atom stereocenters. The van der Waals surface area contributed by atoms with Gasteiger partial charge in [-0.3, -0.25) is 4.57 Å². The molecule has 8 nitrogen and oxygen atoms in total. The van der Waals surface area contributed by atoms with Crippen LogP contribution in [-0.2, 0) is 4.74 Å². The Balaban J connectivity index is 1.99. The molecule has 2 aromatic rings. The number of hydrogen-bond donors (Lipinski definition) is 3. The van der Waals surface area contributed by atoms with Gasteiger partial charge in [-0.15, -0.1) is 0 Å². The van der Waals surface area contributed by atoms with E-state index >= 15 is 0 Å². The van der Waals surface area contributed by atoms with Crippen LogP contribution < -0.4 is 0 Å². The summed E-state index contributed by atoms with van der Waals surface area (Å²) in [7, 11) is 0. The lowest BCUT2D eigenvalue weighted by Crippen LogP contribution is -2.50. The van der Waals surface area contributed by atoms with E-state index in [1.807, 2.05) is 0 Å². The minimum absolute atomic E-state index is 0.0619. The second-order valence-electron chi connectivity index (χ2n) is 4.16. The minimum atomic E-state index is -1.26. The summed E-state index contributed by atoms with van der Waals surface area (Å²) in [5, 5.41) is 28.9. The van der Waals surface area contributed by atoms with E-state index in [0.29, 0.717) is 11.2 Å². The van der Waals surface area contributed by atoms with E-state index in [0.717, 1.165) is 0 Å². The maximum Gasteiger partial charge on any atom is 0.165 e. The summed E-state index contributed by atoms with van der Waals surface area (Å²) in [5.74, 6) is 0. The number of rotatable bonds is 1. The van der Waals surface area contributed by atoms with E-state index < -0.39 is 24.5 Å². The summed E-state index contributed by atoms with van der Waals surface area (Å²) in [4.78, 5) is 12.0. The Labute approximate surface area is 102 Å². The van der Waals surface area contributed by atoms with E-state index in [9.17, 15) is 15.3 Å². The van der Waals surface area contributed by atoms with Crippen LogP contribution in [-0.4, -0.2) is 59.8 Å². The van der Waals surface area contributed by atoms with Gasteiger partial charge in [-0.1, -0.05) is 0 Å². The highest BCUT2D eigenvalue weighted by Crippen LogP contribution is 2.26. The number of ether oxygens (including phenoxy) is 1. The molecule has 96 valence electrons. The van der Waals surface area contributed by atoms with E-state index in [1.54, 1.807) is 6.20 Å². The van der Waals surface area contributed by atoms with Crippen LogP contribution in [0.1, 0.15) is 6.23 Å². The van der Waals surface area contributed by atoms with Gasteiger partial charge in [0.1, 0.15) is 30.2 Å². The molecule has 0 aliphatic carbocycles. The molecule has 1 aliphatic heterocycles. The van der Waals surface area contributed by atoms with Crippen LogP contribution in [0.4, 0.5) is 0 Å². The lowest BCUT2D eigenvalue weighted by molar-refractivity contribution is -0.210. The van der Waals surface area contributed by atoms with Crippen molar-refractivity contribution < 1.29 is 20.1 Å². The van der Waals surface area contributed by atoms with Gasteiger partial charge in [0.25, 0.3) is 0 Å². The van der Waals surface area contributed by atoms with Crippen LogP contribution in [0.25, 0.3) is 11.2 Å². The van der Waals surface area contributed by atoms with Crippen molar-refractivity contribution in [3.05, 3.63) is 18.9 Å². The molecular formula is C10H12N4O4. The first-order chi connectivity index (χ1) is 8.68. The maximum atomic E-state index is 9.91. The molecule has 0 spiro atoms. The molecule has 3 heterocycles. The largest absolute Gasteiger partial charge is 0.388 e. The van der Waals surface area contributed by atoms with Gasteiger partial charge in [0.05, 0.1) is 19.1 Å². The van der Waals surface area contributed by atoms with Crippen molar-refractivity contribution in [2.75, 3.05) is 6.61 Å². The Morgan fingerprint density at radius 1 is 1.22 bits per heavy atom. The quantitative estimate of drug-likeness (QED) is 0.562. The number of fused-ring (bicyclic) bond motifs is 1. The molecule has 0 saturated carbocycles. The van der Waals surface area contributed by atoms with E-state index in [2.05, 4.69) is 15.0 Å². The molecular weight excluding hydrogens is 240 g/mol. The van der Waals surface area contributed by atoms with Crippen molar-refractivity contribution in [1.82, 2.24) is 19.5 Å². The second-order valence-corrected chi connectivity index (χ2v) is 4.16. The molecule has 3 rings (SSSR count). The molecule has 1 aliphatic rings. The van der Waals surface area contributed by atoms with Gasteiger partial charge in [-0.2, -0.15) is 0 Å². The van der Waals surface area contributed by atoms with Crippen LogP contribution in [0.3, 0.4) is 0 Å². The van der Waals surface area contributed by atoms with Crippen molar-refractivity contribution in [2.24, 2.45) is 0 Å². The van der Waals surface area contributed by atoms with Crippen LogP contribution in [0.5, 0.6) is 0 Å². The molecule has 1 fully saturated rings. The van der Waals surface area contributed by atoms with Crippen molar-refractivity contribution in [1.29, 1.82) is 0 Å². The highest BCUT2D eigenvalue weighted by molar-refractivity contribution is 5.68. The zero-order valence-corrected chi connectivity index (χ0v) is 9.29. The first kappa shape index (κ1) is 11.5. The third-order valence-electron chi connectivity index (χ3n) is 2.99. The number of imidazole rings is 1. The summed E-state index contributed by atoms with van der Waals surface area (Å²) >= 11 is 0. The third-order valence-corrected chi connectivity index (χ3v) is 2.99. The molecule has 0 amide bonds. The van der Waals surface area contributed by atoms with Crippen LogP contribution in [0.15, 0.2) is 18.9 Å².